The Morgan fingerprint density at radius 1 is 1.06 bits per heavy atom. The third-order valence-corrected chi connectivity index (χ3v) is 6.23. The Balaban J connectivity index is 1.56. The molecule has 0 saturated carbocycles. The van der Waals surface area contributed by atoms with Gasteiger partial charge in [0, 0.05) is 5.69 Å². The molecular weight excluding hydrogens is 438 g/mol. The third-order valence-electron chi connectivity index (χ3n) is 4.65. The number of hydrogen-bond acceptors (Lipinski definition) is 7. The minimum atomic E-state index is -4.19. The summed E-state index contributed by atoms with van der Waals surface area (Å²) < 4.78 is 32.5. The zero-order valence-corrected chi connectivity index (χ0v) is 17.7. The van der Waals surface area contributed by atoms with Gasteiger partial charge in [0.1, 0.15) is 5.69 Å². The Labute approximate surface area is 180 Å². The number of carbonyl (C=O) groups is 1. The fraction of sp³-hybridized carbons (Fsp3) is 0.100. The number of carbonyl (C=O) groups excluding carboxylic acids is 1. The molecule has 2 aromatic heterocycles. The number of rotatable bonds is 4. The predicted octanol–water partition coefficient (Wildman–Crippen LogP) is 1.79. The largest absolute Gasteiger partial charge is 0.360 e. The summed E-state index contributed by atoms with van der Waals surface area (Å²) in [5.74, 6) is 0.0539. The fourth-order valence-corrected chi connectivity index (χ4v) is 4.52. The highest BCUT2D eigenvalue weighted by atomic mass is 32.2. The molecule has 11 nitrogen and oxygen atoms in total. The van der Waals surface area contributed by atoms with E-state index in [1.54, 1.807) is 24.3 Å². The van der Waals surface area contributed by atoms with E-state index >= 15 is 0 Å². The summed E-state index contributed by atoms with van der Waals surface area (Å²) in [6, 6.07) is 11.4. The normalized spacial score (nSPS) is 11.4. The maximum atomic E-state index is 12.7. The lowest BCUT2D eigenvalue weighted by molar-refractivity contribution is 0.256. The third kappa shape index (κ3) is 3.78. The zero-order valence-electron chi connectivity index (χ0n) is 16.9. The number of nitrogens with zero attached hydrogens (tertiary/aromatic N) is 2. The van der Waals surface area contributed by atoms with E-state index in [4.69, 9.17) is 4.52 Å². The second kappa shape index (κ2) is 7.81. The van der Waals surface area contributed by atoms with Gasteiger partial charge in [0.15, 0.2) is 10.7 Å². The number of para-hydroxylation sites is 1. The summed E-state index contributed by atoms with van der Waals surface area (Å²) in [6.07, 6.45) is 0. The van der Waals surface area contributed by atoms with Crippen molar-refractivity contribution < 1.29 is 17.7 Å². The van der Waals surface area contributed by atoms with E-state index in [1.165, 1.54) is 38.1 Å². The van der Waals surface area contributed by atoms with Crippen molar-refractivity contribution in [2.24, 2.45) is 0 Å². The molecule has 2 heterocycles. The number of benzene rings is 2. The SMILES string of the molecule is Cc1noc(C)c1S(=O)(=O)NC(=O)Nc1ccc(-n2c(=O)[nH]c3ccccc3c2=O)cc1. The smallest absolute Gasteiger partial charge is 0.333 e. The number of aromatic nitrogens is 3. The van der Waals surface area contributed by atoms with Crippen LogP contribution in [0.3, 0.4) is 0 Å². The Hall–Kier alpha value is -4.19. The van der Waals surface area contributed by atoms with E-state index in [2.05, 4.69) is 15.5 Å². The average Bonchev–Trinajstić information content (AvgIpc) is 3.08. The van der Waals surface area contributed by atoms with Crippen LogP contribution in [0.4, 0.5) is 10.5 Å². The van der Waals surface area contributed by atoms with E-state index in [-0.39, 0.29) is 27.7 Å². The first-order valence-corrected chi connectivity index (χ1v) is 10.8. The van der Waals surface area contributed by atoms with Gasteiger partial charge in [-0.2, -0.15) is 0 Å². The second-order valence-corrected chi connectivity index (χ2v) is 8.50. The molecule has 0 unspecified atom stereocenters. The number of amides is 2. The number of anilines is 1. The number of sulfonamides is 1. The number of nitrogens with one attached hydrogen (secondary N) is 3. The molecule has 4 aromatic rings. The topological polar surface area (TPSA) is 156 Å². The van der Waals surface area contributed by atoms with Gasteiger partial charge in [0.2, 0.25) is 0 Å². The van der Waals surface area contributed by atoms with Gasteiger partial charge in [-0.3, -0.25) is 4.79 Å². The van der Waals surface area contributed by atoms with Gasteiger partial charge in [-0.25, -0.2) is 27.3 Å². The first kappa shape index (κ1) is 21.1. The summed E-state index contributed by atoms with van der Waals surface area (Å²) in [7, 11) is -4.19. The molecule has 0 saturated heterocycles. The Morgan fingerprint density at radius 2 is 1.75 bits per heavy atom. The van der Waals surface area contributed by atoms with Gasteiger partial charge in [0.25, 0.3) is 15.6 Å². The van der Waals surface area contributed by atoms with E-state index in [0.717, 1.165) is 4.57 Å². The molecule has 0 spiro atoms. The first-order chi connectivity index (χ1) is 15.2. The molecule has 0 atom stereocenters. The van der Waals surface area contributed by atoms with Crippen LogP contribution in [0.15, 0.2) is 67.5 Å². The van der Waals surface area contributed by atoms with Crippen LogP contribution in [-0.4, -0.2) is 29.2 Å². The second-order valence-electron chi connectivity index (χ2n) is 6.88. The lowest BCUT2D eigenvalue weighted by Gasteiger charge is -2.10. The van der Waals surface area contributed by atoms with Gasteiger partial charge in [-0.15, -0.1) is 0 Å². The van der Waals surface area contributed by atoms with Gasteiger partial charge < -0.3 is 14.8 Å². The summed E-state index contributed by atoms with van der Waals surface area (Å²) in [4.78, 5) is 39.7. The van der Waals surface area contributed by atoms with Crippen molar-refractivity contribution >= 4 is 32.6 Å². The minimum Gasteiger partial charge on any atom is -0.360 e. The van der Waals surface area contributed by atoms with Gasteiger partial charge in [-0.05, 0) is 50.2 Å². The molecule has 2 aromatic carbocycles. The Bertz CT molecular complexity index is 1550. The van der Waals surface area contributed by atoms with Crippen LogP contribution < -0.4 is 21.3 Å². The lowest BCUT2D eigenvalue weighted by Crippen LogP contribution is -2.35. The maximum absolute atomic E-state index is 12.7. The molecule has 0 aliphatic carbocycles. The van der Waals surface area contributed by atoms with Crippen molar-refractivity contribution in [1.82, 2.24) is 19.4 Å². The van der Waals surface area contributed by atoms with Crippen molar-refractivity contribution in [2.75, 3.05) is 5.32 Å². The fourth-order valence-electron chi connectivity index (χ4n) is 3.28. The van der Waals surface area contributed by atoms with Crippen molar-refractivity contribution in [2.45, 2.75) is 18.7 Å². The molecule has 32 heavy (non-hydrogen) atoms. The number of urea groups is 1. The number of aromatic amines is 1. The molecule has 0 radical (unpaired) electrons. The standard InChI is InChI=1S/C20H17N5O6S/c1-11-17(12(2)31-23-11)32(29,30)24-19(27)21-13-7-9-14(10-8-13)25-18(26)15-5-3-4-6-16(15)22-20(25)28/h3-10H,1-2H3,(H,22,28)(H2,21,24,27). The number of aryl methyl sites for hydroxylation is 2. The van der Waals surface area contributed by atoms with E-state index in [1.807, 2.05) is 4.72 Å². The summed E-state index contributed by atoms with van der Waals surface area (Å²) >= 11 is 0. The number of hydrogen-bond donors (Lipinski definition) is 3. The van der Waals surface area contributed by atoms with Crippen LogP contribution in [0.2, 0.25) is 0 Å². The quantitative estimate of drug-likeness (QED) is 0.423. The lowest BCUT2D eigenvalue weighted by atomic mass is 10.2. The molecule has 164 valence electrons. The molecular formula is C20H17N5O6S. The van der Waals surface area contributed by atoms with E-state index in [0.29, 0.717) is 10.9 Å². The predicted molar refractivity (Wildman–Crippen MR) is 115 cm³/mol. The molecule has 2 amide bonds. The molecule has 4 rings (SSSR count). The Kier molecular flexibility index (Phi) is 5.14. The molecule has 3 N–H and O–H groups in total. The Morgan fingerprint density at radius 3 is 2.41 bits per heavy atom. The van der Waals surface area contributed by atoms with Crippen molar-refractivity contribution in [1.29, 1.82) is 0 Å². The molecule has 12 heteroatoms. The van der Waals surface area contributed by atoms with E-state index < -0.39 is 27.3 Å². The van der Waals surface area contributed by atoms with Crippen LogP contribution in [0.5, 0.6) is 0 Å². The van der Waals surface area contributed by atoms with Gasteiger partial charge in [0.05, 0.1) is 16.6 Å². The van der Waals surface area contributed by atoms with Crippen molar-refractivity contribution in [3.05, 3.63) is 80.8 Å². The maximum Gasteiger partial charge on any atom is 0.333 e. The van der Waals surface area contributed by atoms with Crippen molar-refractivity contribution in [3.8, 4) is 5.69 Å². The highest BCUT2D eigenvalue weighted by Crippen LogP contribution is 2.19. The monoisotopic (exact) mass is 455 g/mol. The highest BCUT2D eigenvalue weighted by molar-refractivity contribution is 7.90. The highest BCUT2D eigenvalue weighted by Gasteiger charge is 2.26. The van der Waals surface area contributed by atoms with Crippen LogP contribution in [0, 0.1) is 13.8 Å². The number of fused-ring (bicyclic) bond motifs is 1. The summed E-state index contributed by atoms with van der Waals surface area (Å²) in [5.41, 5.74) is -0.0424. The molecule has 0 bridgehead atoms. The van der Waals surface area contributed by atoms with Crippen molar-refractivity contribution in [3.63, 3.8) is 0 Å². The van der Waals surface area contributed by atoms with Crippen LogP contribution in [-0.2, 0) is 10.0 Å². The first-order valence-electron chi connectivity index (χ1n) is 9.28. The van der Waals surface area contributed by atoms with Gasteiger partial charge >= 0.3 is 11.7 Å². The van der Waals surface area contributed by atoms with E-state index in [9.17, 15) is 22.8 Å². The molecule has 0 fully saturated rings. The zero-order chi connectivity index (χ0) is 23.0. The summed E-state index contributed by atoms with van der Waals surface area (Å²) in [5, 5.41) is 6.29. The summed E-state index contributed by atoms with van der Waals surface area (Å²) in [6.45, 7) is 2.86. The molecule has 0 aliphatic heterocycles. The van der Waals surface area contributed by atoms with Gasteiger partial charge in [-0.1, -0.05) is 17.3 Å². The number of H-pyrrole nitrogens is 1. The van der Waals surface area contributed by atoms with Crippen LogP contribution in [0.25, 0.3) is 16.6 Å². The van der Waals surface area contributed by atoms with Crippen LogP contribution in [0.1, 0.15) is 11.5 Å². The molecule has 0 aliphatic rings. The average molecular weight is 455 g/mol. The minimum absolute atomic E-state index is 0.0539. The van der Waals surface area contributed by atoms with Crippen LogP contribution >= 0.6 is 0 Å².